The fourth-order valence-corrected chi connectivity index (χ4v) is 4.61. The molecule has 3 heterocycles. The van der Waals surface area contributed by atoms with Gasteiger partial charge in [0.2, 0.25) is 6.79 Å². The molecule has 1 atom stereocenters. The lowest BCUT2D eigenvalue weighted by Gasteiger charge is -2.38. The van der Waals surface area contributed by atoms with Gasteiger partial charge in [0, 0.05) is 57.4 Å². The average Bonchev–Trinajstić information content (AvgIpc) is 3.44. The predicted octanol–water partition coefficient (Wildman–Crippen LogP) is 2.04. The van der Waals surface area contributed by atoms with E-state index in [1.54, 1.807) is 7.05 Å². The Labute approximate surface area is 201 Å². The van der Waals surface area contributed by atoms with Gasteiger partial charge in [-0.2, -0.15) is 0 Å². The highest BCUT2D eigenvalue weighted by Gasteiger charge is 2.37. The molecule has 0 saturated carbocycles. The van der Waals surface area contributed by atoms with Crippen LogP contribution in [0.1, 0.15) is 31.2 Å². The Balaban J connectivity index is 0.00000272. The Hall–Kier alpha value is -1.30. The molecule has 1 aromatic rings. The van der Waals surface area contributed by atoms with Crippen LogP contribution in [0.4, 0.5) is 0 Å². The van der Waals surface area contributed by atoms with Gasteiger partial charge in [0.05, 0.1) is 6.61 Å². The number of hydrogen-bond donors (Lipinski definition) is 3. The van der Waals surface area contributed by atoms with Gasteiger partial charge >= 0.3 is 0 Å². The molecule has 1 unspecified atom stereocenters. The number of benzene rings is 1. The van der Waals surface area contributed by atoms with E-state index >= 15 is 0 Å². The summed E-state index contributed by atoms with van der Waals surface area (Å²) in [6, 6.07) is 6.25. The van der Waals surface area contributed by atoms with Crippen molar-refractivity contribution in [3.8, 4) is 11.5 Å². The van der Waals surface area contributed by atoms with Crippen molar-refractivity contribution in [2.45, 2.75) is 31.1 Å². The molecule has 3 aliphatic rings. The highest BCUT2D eigenvalue weighted by atomic mass is 127. The summed E-state index contributed by atoms with van der Waals surface area (Å²) in [5.41, 5.74) is 1.15. The largest absolute Gasteiger partial charge is 0.454 e. The Morgan fingerprint density at radius 1 is 1.03 bits per heavy atom. The summed E-state index contributed by atoms with van der Waals surface area (Å²) in [7, 11) is 1.79. The molecular formula is C22H34IN3O5. The summed E-state index contributed by atoms with van der Waals surface area (Å²) in [6.45, 7) is 4.83. The minimum Gasteiger partial charge on any atom is -0.454 e. The standard InChI is InChI=1S/C22H33N3O5.HI/c1-23-20(24-13-21(4-8-26)5-9-28-15-21)25-14-22(6-10-27-11-7-22)17-2-3-18-19(12-17)30-16-29-18;/h2-3,12,26H,4-11,13-16H2,1H3,(H2,23,24,25);1H. The molecule has 8 nitrogen and oxygen atoms in total. The normalized spacial score (nSPS) is 24.5. The average molecular weight is 547 g/mol. The molecule has 0 aromatic heterocycles. The van der Waals surface area contributed by atoms with Crippen molar-refractivity contribution in [2.75, 3.05) is 60.0 Å². The Morgan fingerprint density at radius 2 is 1.77 bits per heavy atom. The second-order valence-corrected chi connectivity index (χ2v) is 8.52. The fraction of sp³-hybridized carbons (Fsp3) is 0.682. The molecule has 0 spiro atoms. The van der Waals surface area contributed by atoms with Crippen LogP contribution in [0.15, 0.2) is 23.2 Å². The van der Waals surface area contributed by atoms with Crippen LogP contribution in [0.2, 0.25) is 0 Å². The number of guanidine groups is 1. The summed E-state index contributed by atoms with van der Waals surface area (Å²) >= 11 is 0. The van der Waals surface area contributed by atoms with E-state index in [4.69, 9.17) is 18.9 Å². The molecule has 1 aromatic carbocycles. The molecule has 0 bridgehead atoms. The van der Waals surface area contributed by atoms with Crippen molar-refractivity contribution in [3.05, 3.63) is 23.8 Å². The monoisotopic (exact) mass is 547 g/mol. The Kier molecular flexibility index (Phi) is 8.65. The Bertz CT molecular complexity index is 749. The highest BCUT2D eigenvalue weighted by Crippen LogP contribution is 2.40. The van der Waals surface area contributed by atoms with Crippen molar-refractivity contribution in [1.29, 1.82) is 0 Å². The van der Waals surface area contributed by atoms with E-state index in [0.717, 1.165) is 76.1 Å². The fourth-order valence-electron chi connectivity index (χ4n) is 4.61. The maximum absolute atomic E-state index is 9.45. The summed E-state index contributed by atoms with van der Waals surface area (Å²) in [5, 5.41) is 16.5. The van der Waals surface area contributed by atoms with Crippen molar-refractivity contribution in [1.82, 2.24) is 10.6 Å². The summed E-state index contributed by atoms with van der Waals surface area (Å²) in [4.78, 5) is 4.42. The van der Waals surface area contributed by atoms with Gasteiger partial charge in [0.1, 0.15) is 0 Å². The third-order valence-corrected chi connectivity index (χ3v) is 6.71. The number of nitrogens with one attached hydrogen (secondary N) is 2. The molecule has 0 aliphatic carbocycles. The number of aliphatic hydroxyl groups excluding tert-OH is 1. The number of aliphatic imine (C=N–C) groups is 1. The number of hydrogen-bond acceptors (Lipinski definition) is 6. The van der Waals surface area contributed by atoms with E-state index in [1.165, 1.54) is 5.56 Å². The van der Waals surface area contributed by atoms with Gasteiger partial charge in [-0.05, 0) is 43.4 Å². The number of ether oxygens (including phenoxy) is 4. The zero-order valence-corrected chi connectivity index (χ0v) is 20.5. The second kappa shape index (κ2) is 11.0. The molecule has 2 fully saturated rings. The minimum atomic E-state index is -0.0594. The third-order valence-electron chi connectivity index (χ3n) is 6.71. The van der Waals surface area contributed by atoms with Crippen LogP contribution in [0.25, 0.3) is 0 Å². The number of rotatable bonds is 7. The maximum atomic E-state index is 9.45. The molecule has 2 saturated heterocycles. The summed E-state index contributed by atoms with van der Waals surface area (Å²) in [6.07, 6.45) is 3.54. The first-order valence-electron chi connectivity index (χ1n) is 10.8. The smallest absolute Gasteiger partial charge is 0.231 e. The molecule has 4 rings (SSSR count). The lowest BCUT2D eigenvalue weighted by Crippen LogP contribution is -2.50. The quantitative estimate of drug-likeness (QED) is 0.273. The lowest BCUT2D eigenvalue weighted by atomic mass is 9.74. The van der Waals surface area contributed by atoms with Crippen LogP contribution in [0.3, 0.4) is 0 Å². The van der Waals surface area contributed by atoms with Crippen LogP contribution in [0, 0.1) is 5.41 Å². The van der Waals surface area contributed by atoms with Gasteiger partial charge < -0.3 is 34.7 Å². The van der Waals surface area contributed by atoms with E-state index in [1.807, 2.05) is 6.07 Å². The van der Waals surface area contributed by atoms with Gasteiger partial charge in [-0.25, -0.2) is 0 Å². The molecule has 3 N–H and O–H groups in total. The number of halogens is 1. The molecular weight excluding hydrogens is 513 g/mol. The zero-order chi connectivity index (χ0) is 20.9. The molecule has 0 radical (unpaired) electrons. The van der Waals surface area contributed by atoms with E-state index in [2.05, 4.69) is 27.8 Å². The van der Waals surface area contributed by atoms with Crippen LogP contribution in [-0.4, -0.2) is 71.0 Å². The number of nitrogens with zero attached hydrogens (tertiary/aromatic N) is 1. The first kappa shape index (κ1) is 24.3. The first-order valence-corrected chi connectivity index (χ1v) is 10.8. The van der Waals surface area contributed by atoms with E-state index in [0.29, 0.717) is 6.61 Å². The molecule has 31 heavy (non-hydrogen) atoms. The second-order valence-electron chi connectivity index (χ2n) is 8.52. The van der Waals surface area contributed by atoms with Crippen LogP contribution < -0.4 is 20.1 Å². The maximum Gasteiger partial charge on any atom is 0.231 e. The van der Waals surface area contributed by atoms with Gasteiger partial charge in [0.25, 0.3) is 0 Å². The number of aliphatic hydroxyl groups is 1. The van der Waals surface area contributed by atoms with Crippen molar-refractivity contribution in [2.24, 2.45) is 10.4 Å². The predicted molar refractivity (Wildman–Crippen MR) is 129 cm³/mol. The number of fused-ring (bicyclic) bond motifs is 1. The molecule has 9 heteroatoms. The third kappa shape index (κ3) is 5.55. The lowest BCUT2D eigenvalue weighted by molar-refractivity contribution is 0.0513. The minimum absolute atomic E-state index is 0. The van der Waals surface area contributed by atoms with Gasteiger partial charge in [-0.1, -0.05) is 6.07 Å². The van der Waals surface area contributed by atoms with Gasteiger partial charge in [-0.15, -0.1) is 24.0 Å². The van der Waals surface area contributed by atoms with Crippen molar-refractivity contribution in [3.63, 3.8) is 0 Å². The summed E-state index contributed by atoms with van der Waals surface area (Å²) in [5.74, 6) is 2.39. The van der Waals surface area contributed by atoms with Crippen molar-refractivity contribution < 1.29 is 24.1 Å². The Morgan fingerprint density at radius 3 is 2.48 bits per heavy atom. The SMILES string of the molecule is CN=C(NCC1(CCO)CCOC1)NCC1(c2ccc3c(c2)OCO3)CCOCC1.I. The summed E-state index contributed by atoms with van der Waals surface area (Å²) < 4.78 is 22.3. The first-order chi connectivity index (χ1) is 14.7. The topological polar surface area (TPSA) is 93.6 Å². The van der Waals surface area contributed by atoms with E-state index in [-0.39, 0.29) is 48.2 Å². The van der Waals surface area contributed by atoms with E-state index < -0.39 is 0 Å². The highest BCUT2D eigenvalue weighted by molar-refractivity contribution is 14.0. The van der Waals surface area contributed by atoms with Gasteiger partial charge in [-0.3, -0.25) is 4.99 Å². The van der Waals surface area contributed by atoms with Crippen LogP contribution in [-0.2, 0) is 14.9 Å². The van der Waals surface area contributed by atoms with Crippen LogP contribution in [0.5, 0.6) is 11.5 Å². The molecule has 0 amide bonds. The zero-order valence-electron chi connectivity index (χ0n) is 18.2. The molecule has 174 valence electrons. The van der Waals surface area contributed by atoms with Crippen LogP contribution >= 0.6 is 24.0 Å². The molecule has 3 aliphatic heterocycles. The van der Waals surface area contributed by atoms with E-state index in [9.17, 15) is 5.11 Å². The van der Waals surface area contributed by atoms with Crippen molar-refractivity contribution >= 4 is 29.9 Å². The van der Waals surface area contributed by atoms with Gasteiger partial charge in [0.15, 0.2) is 17.5 Å².